The van der Waals surface area contributed by atoms with Crippen LogP contribution in [-0.2, 0) is 0 Å². The molecule has 0 saturated heterocycles. The minimum absolute atomic E-state index is 0.681. The summed E-state index contributed by atoms with van der Waals surface area (Å²) >= 11 is 0. The molecule has 0 aliphatic carbocycles. The van der Waals surface area contributed by atoms with E-state index in [1.54, 1.807) is 0 Å². The Labute approximate surface area is 32.8 Å². The Kier molecular flexibility index (Phi) is 2.84. The van der Waals surface area contributed by atoms with Crippen LogP contribution in [0.25, 0.3) is 0 Å². The van der Waals surface area contributed by atoms with Gasteiger partial charge in [-0.15, -0.1) is 0 Å². The molecule has 0 N–H and O–H groups in total. The van der Waals surface area contributed by atoms with Crippen molar-refractivity contribution in [3.8, 4) is 0 Å². The summed E-state index contributed by atoms with van der Waals surface area (Å²) in [5.74, 6) is 0. The van der Waals surface area contributed by atoms with Gasteiger partial charge in [-0.1, -0.05) is 0 Å². The van der Waals surface area contributed by atoms with Crippen molar-refractivity contribution in [1.82, 2.24) is 0 Å². The molecule has 0 unspecified atom stereocenters. The van der Waals surface area contributed by atoms with Crippen LogP contribution in [0, 0.1) is 12.7 Å². The van der Waals surface area contributed by atoms with E-state index in [1.807, 2.05) is 0 Å². The first-order valence-corrected chi connectivity index (χ1v) is 1.45. The highest BCUT2D eigenvalue weighted by Crippen LogP contribution is 1.71. The van der Waals surface area contributed by atoms with Crippen molar-refractivity contribution in [3.05, 3.63) is 25.3 Å². The van der Waals surface area contributed by atoms with Gasteiger partial charge >= 0.3 is 0 Å². The lowest BCUT2D eigenvalue weighted by molar-refractivity contribution is 1.36. The lowest BCUT2D eigenvalue weighted by Crippen LogP contribution is -1.45. The van der Waals surface area contributed by atoms with Crippen molar-refractivity contribution in [1.29, 1.82) is 0 Å². The molecule has 5 heavy (non-hydrogen) atoms. The highest BCUT2D eigenvalue weighted by molar-refractivity contribution is 4.69. The van der Waals surface area contributed by atoms with E-state index in [0.29, 0.717) is 6.42 Å². The van der Waals surface area contributed by atoms with Crippen LogP contribution in [0.1, 0.15) is 6.42 Å². The third-order valence-electron chi connectivity index (χ3n) is 0.262. The maximum Gasteiger partial charge on any atom is 0.231 e. The first kappa shape index (κ1) is 4.30. The standard InChI is InChI=1S/C5H6/c1-3-5-4-2/h1,3H,2,5H2/q+2. The summed E-state index contributed by atoms with van der Waals surface area (Å²) in [5, 5.41) is 0. The Hall–Kier alpha value is -0.700. The number of hydrogen-bond donors (Lipinski definition) is 0. The van der Waals surface area contributed by atoms with Gasteiger partial charge in [-0.05, 0) is 0 Å². The van der Waals surface area contributed by atoms with Crippen LogP contribution in [0.4, 0.5) is 0 Å². The highest BCUT2D eigenvalue weighted by atomic mass is 13.6. The molecule has 0 amide bonds. The lowest BCUT2D eigenvalue weighted by Gasteiger charge is -1.36. The predicted octanol–water partition coefficient (Wildman–Crippen LogP) is 1.35. The molecule has 0 rings (SSSR count). The quantitative estimate of drug-likeness (QED) is 0.427. The van der Waals surface area contributed by atoms with E-state index in [2.05, 4.69) is 12.7 Å². The Bertz CT molecular complexity index is 29.3. The van der Waals surface area contributed by atoms with Crippen molar-refractivity contribution >= 4 is 0 Å². The average Bonchev–Trinajstić information content (AvgIpc) is 1.41. The number of hydrogen-bond acceptors (Lipinski definition) is 0. The van der Waals surface area contributed by atoms with E-state index < -0.39 is 0 Å². The zero-order valence-electron chi connectivity index (χ0n) is 3.07. The fourth-order valence-corrected chi connectivity index (χ4v) is 0.0833. The van der Waals surface area contributed by atoms with Crippen LogP contribution in [-0.4, -0.2) is 0 Å². The summed E-state index contributed by atoms with van der Waals surface area (Å²) in [7, 11) is 0. The van der Waals surface area contributed by atoms with Crippen LogP contribution in [0.3, 0.4) is 0 Å². The van der Waals surface area contributed by atoms with Gasteiger partial charge in [-0.3, -0.25) is 0 Å². The van der Waals surface area contributed by atoms with Gasteiger partial charge in [-0.2, -0.15) is 0 Å². The Morgan fingerprint density at radius 2 is 2.60 bits per heavy atom. The van der Waals surface area contributed by atoms with Crippen LogP contribution in [0.15, 0.2) is 12.7 Å². The van der Waals surface area contributed by atoms with Crippen LogP contribution >= 0.6 is 0 Å². The Morgan fingerprint density at radius 3 is 2.60 bits per heavy atom. The lowest BCUT2D eigenvalue weighted by atomic mass is 10.4. The molecule has 0 aliphatic heterocycles. The smallest absolute Gasteiger partial charge is 0.141 e. The van der Waals surface area contributed by atoms with E-state index in [-0.39, 0.29) is 0 Å². The maximum atomic E-state index is 4.91. The zero-order chi connectivity index (χ0) is 4.12. The molecular weight excluding hydrogens is 60.1 g/mol. The Morgan fingerprint density at radius 1 is 2.00 bits per heavy atom. The van der Waals surface area contributed by atoms with Crippen LogP contribution < -0.4 is 0 Å². The van der Waals surface area contributed by atoms with Crippen molar-refractivity contribution in [2.75, 3.05) is 0 Å². The van der Waals surface area contributed by atoms with Crippen molar-refractivity contribution in [2.45, 2.75) is 6.42 Å². The predicted molar refractivity (Wildman–Crippen MR) is 22.4 cm³/mol. The third kappa shape index (κ3) is 3.30. The van der Waals surface area contributed by atoms with E-state index >= 15 is 0 Å². The van der Waals surface area contributed by atoms with Crippen molar-refractivity contribution in [3.63, 3.8) is 0 Å². The van der Waals surface area contributed by atoms with E-state index in [1.165, 1.54) is 6.08 Å². The molecule has 0 aliphatic rings. The minimum atomic E-state index is 0.681. The van der Waals surface area contributed by atoms with Crippen molar-refractivity contribution < 1.29 is 0 Å². The topological polar surface area (TPSA) is 0 Å². The molecule has 0 heteroatoms. The number of allylic oxidation sites excluding steroid dienone is 2. The van der Waals surface area contributed by atoms with Gasteiger partial charge in [0.25, 0.3) is 0 Å². The molecule has 0 saturated carbocycles. The number of rotatable bonds is 2. The van der Waals surface area contributed by atoms with Gasteiger partial charge in [0.1, 0.15) is 6.58 Å². The van der Waals surface area contributed by atoms with Gasteiger partial charge in [0, 0.05) is 0 Å². The first-order valence-electron chi connectivity index (χ1n) is 1.45. The SMILES string of the molecule is [CH+]=CC[C+]=C. The molecule has 0 heterocycles. The molecule has 0 bridgehead atoms. The monoisotopic (exact) mass is 66.0 g/mol. The summed E-state index contributed by atoms with van der Waals surface area (Å²) in [5.41, 5.74) is 0. The van der Waals surface area contributed by atoms with Crippen LogP contribution in [0.5, 0.6) is 0 Å². The zero-order valence-corrected chi connectivity index (χ0v) is 3.07. The Balaban J connectivity index is 2.65. The summed E-state index contributed by atoms with van der Waals surface area (Å²) < 4.78 is 0. The molecule has 0 nitrogen and oxygen atoms in total. The third-order valence-corrected chi connectivity index (χ3v) is 0.262. The van der Waals surface area contributed by atoms with Gasteiger partial charge in [-0.25, -0.2) is 0 Å². The van der Waals surface area contributed by atoms with E-state index in [9.17, 15) is 0 Å². The fourth-order valence-electron chi connectivity index (χ4n) is 0.0833. The second-order valence-electron chi connectivity index (χ2n) is 0.690. The maximum absolute atomic E-state index is 4.91. The highest BCUT2D eigenvalue weighted by Gasteiger charge is 1.80. The summed E-state index contributed by atoms with van der Waals surface area (Å²) in [6.45, 7) is 8.23. The molecule has 0 aromatic carbocycles. The van der Waals surface area contributed by atoms with Gasteiger partial charge in [0.2, 0.25) is 25.2 Å². The molecular formula is C5H6+2. The van der Waals surface area contributed by atoms with E-state index in [0.717, 1.165) is 0 Å². The molecule has 24 valence electrons. The van der Waals surface area contributed by atoms with E-state index in [4.69, 9.17) is 6.58 Å². The van der Waals surface area contributed by atoms with Crippen molar-refractivity contribution in [2.24, 2.45) is 0 Å². The molecule has 0 fully saturated rings. The fraction of sp³-hybridized carbons (Fsp3) is 0.200. The molecule has 0 atom stereocenters. The normalized spacial score (nSPS) is 5.40. The first-order chi connectivity index (χ1) is 2.41. The minimum Gasteiger partial charge on any atom is 0.141 e. The molecule has 0 aromatic rings. The molecule has 0 radical (unpaired) electrons. The summed E-state index contributed by atoms with van der Waals surface area (Å²) in [6.07, 6.45) is 4.77. The van der Waals surface area contributed by atoms with Crippen LogP contribution in [0.2, 0.25) is 0 Å². The summed E-state index contributed by atoms with van der Waals surface area (Å²) in [6, 6.07) is 0. The van der Waals surface area contributed by atoms with Gasteiger partial charge < -0.3 is 0 Å². The van der Waals surface area contributed by atoms with Gasteiger partial charge in [0.15, 0.2) is 0 Å². The molecule has 0 spiro atoms. The average molecular weight is 66.1 g/mol. The summed E-state index contributed by atoms with van der Waals surface area (Å²) in [4.78, 5) is 0. The molecule has 0 aromatic heterocycles. The van der Waals surface area contributed by atoms with Gasteiger partial charge in [0.05, 0.1) is 0 Å². The second kappa shape index (κ2) is 3.30. The largest absolute Gasteiger partial charge is 0.231 e. The second-order valence-corrected chi connectivity index (χ2v) is 0.690.